The molecule has 1 aliphatic heterocycles. The van der Waals surface area contributed by atoms with E-state index in [9.17, 15) is 4.79 Å². The Kier molecular flexibility index (Phi) is 4.56. The van der Waals surface area contributed by atoms with Crippen molar-refractivity contribution in [1.82, 2.24) is 9.88 Å². The minimum absolute atomic E-state index is 0. The smallest absolute Gasteiger partial charge is 0.318 e. The summed E-state index contributed by atoms with van der Waals surface area (Å²) >= 11 is 0. The van der Waals surface area contributed by atoms with Crippen molar-refractivity contribution in [2.24, 2.45) is 5.92 Å². The van der Waals surface area contributed by atoms with E-state index in [1.807, 2.05) is 41.3 Å². The molecule has 1 N–H and O–H groups in total. The summed E-state index contributed by atoms with van der Waals surface area (Å²) in [5.74, 6) is 0.481. The summed E-state index contributed by atoms with van der Waals surface area (Å²) in [5, 5.41) is 3.06. The van der Waals surface area contributed by atoms with Crippen molar-refractivity contribution < 1.29 is 6.22 Å². The van der Waals surface area contributed by atoms with Crippen LogP contribution in [0.3, 0.4) is 0 Å². The third-order valence-electron chi connectivity index (χ3n) is 4.85. The van der Waals surface area contributed by atoms with Crippen molar-refractivity contribution in [3.63, 3.8) is 0 Å². The Morgan fingerprint density at radius 3 is 2.75 bits per heavy atom. The molecule has 1 aromatic carbocycles. The molecule has 1 saturated heterocycles. The number of carbonyl (C=O) groups excluding carboxylic acids is 1. The zero-order valence-electron chi connectivity index (χ0n) is 14.8. The second-order valence-corrected chi connectivity index (χ2v) is 6.98. The molecule has 0 spiro atoms. The lowest BCUT2D eigenvalue weighted by molar-refractivity contribution is 0.0430. The Hall–Kier alpha value is -2.36. The first-order valence-electron chi connectivity index (χ1n) is 8.58. The molecule has 3 rings (SSSR count). The molecule has 24 heavy (non-hydrogen) atoms. The Morgan fingerprint density at radius 2 is 2.12 bits per heavy atom. The lowest BCUT2D eigenvalue weighted by atomic mass is 9.86. The number of aryl methyl sites for hydroxylation is 1. The van der Waals surface area contributed by atoms with Gasteiger partial charge in [-0.05, 0) is 56.0 Å². The van der Waals surface area contributed by atoms with E-state index in [4.69, 9.17) is 0 Å². The van der Waals surface area contributed by atoms with E-state index >= 15 is 0 Å². The number of nitrogens with zero attached hydrogens (tertiary/aromatic N) is 2. The molecule has 0 saturated carbocycles. The maximum Gasteiger partial charge on any atom is 0.322 e. The predicted molar refractivity (Wildman–Crippen MR) is 100 cm³/mol. The van der Waals surface area contributed by atoms with E-state index < -0.39 is 0 Å². The first-order chi connectivity index (χ1) is 11.5. The van der Waals surface area contributed by atoms with Gasteiger partial charge < -0.3 is 10.2 Å². The Labute approximate surface area is 145 Å². The molecule has 1 aromatic heterocycles. The van der Waals surface area contributed by atoms with Crippen LogP contribution in [0.4, 0.5) is 10.5 Å². The van der Waals surface area contributed by atoms with E-state index in [-0.39, 0.29) is 7.46 Å². The highest BCUT2D eigenvalue weighted by molar-refractivity contribution is 5.91. The highest BCUT2D eigenvalue weighted by Gasteiger charge is 2.40. The van der Waals surface area contributed by atoms with Crippen LogP contribution in [-0.2, 0) is 0 Å². The molecule has 0 radical (unpaired) electrons. The van der Waals surface area contributed by atoms with Crippen molar-refractivity contribution in [2.75, 3.05) is 5.32 Å². The number of amides is 2. The van der Waals surface area contributed by atoms with E-state index in [2.05, 4.69) is 38.0 Å². The summed E-state index contributed by atoms with van der Waals surface area (Å²) < 4.78 is 0. The molecule has 0 bridgehead atoms. The van der Waals surface area contributed by atoms with Crippen molar-refractivity contribution in [3.05, 3.63) is 48.2 Å². The minimum Gasteiger partial charge on any atom is -0.318 e. The molecule has 1 aliphatic rings. The molecule has 1 fully saturated rings. The van der Waals surface area contributed by atoms with Gasteiger partial charge in [-0.3, -0.25) is 4.98 Å². The number of aromatic nitrogens is 1. The molecule has 2 unspecified atom stereocenters. The van der Waals surface area contributed by atoms with Gasteiger partial charge in [-0.1, -0.05) is 26.0 Å². The summed E-state index contributed by atoms with van der Waals surface area (Å²) in [4.78, 5) is 19.0. The largest absolute Gasteiger partial charge is 0.322 e. The van der Waals surface area contributed by atoms with Crippen LogP contribution in [0.2, 0.25) is 0 Å². The zero-order valence-corrected chi connectivity index (χ0v) is 14.8. The third kappa shape index (κ3) is 3.14. The predicted octanol–water partition coefficient (Wildman–Crippen LogP) is 4.95. The molecule has 128 valence electrons. The van der Waals surface area contributed by atoms with Gasteiger partial charge in [-0.25, -0.2) is 4.79 Å². The Morgan fingerprint density at radius 1 is 1.33 bits per heavy atom. The monoisotopic (exact) mass is 325 g/mol. The summed E-state index contributed by atoms with van der Waals surface area (Å²) in [6, 6.07) is 12.5. The SMILES string of the molecule is Cc1ccc(NC(=O)N2C(C)CC2C(C)C)cc1-c1ccccn1.[HH]. The number of hydrogen-bond acceptors (Lipinski definition) is 2. The summed E-state index contributed by atoms with van der Waals surface area (Å²) in [5.41, 5.74) is 3.92. The molecule has 0 aliphatic carbocycles. The number of nitrogens with one attached hydrogen (secondary N) is 1. The third-order valence-corrected chi connectivity index (χ3v) is 4.85. The van der Waals surface area contributed by atoms with Gasteiger partial charge in [0.05, 0.1) is 5.69 Å². The number of carbonyl (C=O) groups is 1. The highest BCUT2D eigenvalue weighted by atomic mass is 16.2. The standard InChI is InChI=1S/C20H25N3O.H2/c1-13(2)19-11-15(4)23(19)20(24)22-16-9-8-14(3)17(12-16)18-7-5-6-10-21-18;/h5-10,12-13,15,19H,11H2,1-4H3,(H,22,24);1H. The number of anilines is 1. The van der Waals surface area contributed by atoms with E-state index in [1.54, 1.807) is 6.20 Å². The first kappa shape index (κ1) is 16.5. The molecular weight excluding hydrogens is 298 g/mol. The number of pyridine rings is 1. The maximum atomic E-state index is 12.7. The van der Waals surface area contributed by atoms with Crippen LogP contribution in [0, 0.1) is 12.8 Å². The van der Waals surface area contributed by atoms with Crippen LogP contribution in [0.5, 0.6) is 0 Å². The number of benzene rings is 1. The van der Waals surface area contributed by atoms with E-state index in [0.717, 1.165) is 28.9 Å². The van der Waals surface area contributed by atoms with Crippen molar-refractivity contribution in [2.45, 2.75) is 46.2 Å². The van der Waals surface area contributed by atoms with Crippen LogP contribution >= 0.6 is 0 Å². The highest BCUT2D eigenvalue weighted by Crippen LogP contribution is 2.32. The topological polar surface area (TPSA) is 45.2 Å². The fraction of sp³-hybridized carbons (Fsp3) is 0.400. The number of rotatable bonds is 3. The normalized spacial score (nSPS) is 20.0. The number of hydrogen-bond donors (Lipinski definition) is 1. The molecule has 4 heteroatoms. The van der Waals surface area contributed by atoms with Crippen LogP contribution in [0.25, 0.3) is 11.3 Å². The lowest BCUT2D eigenvalue weighted by Gasteiger charge is -2.49. The molecule has 2 amide bonds. The van der Waals surface area contributed by atoms with Crippen LogP contribution in [0.1, 0.15) is 34.2 Å². The maximum absolute atomic E-state index is 12.7. The van der Waals surface area contributed by atoms with Gasteiger partial charge in [0, 0.05) is 31.0 Å². The van der Waals surface area contributed by atoms with Crippen molar-refractivity contribution in [3.8, 4) is 11.3 Å². The summed E-state index contributed by atoms with van der Waals surface area (Å²) in [7, 11) is 0. The van der Waals surface area contributed by atoms with Crippen LogP contribution < -0.4 is 5.32 Å². The average molecular weight is 325 g/mol. The van der Waals surface area contributed by atoms with Gasteiger partial charge in [0.15, 0.2) is 0 Å². The van der Waals surface area contributed by atoms with Crippen molar-refractivity contribution in [1.29, 1.82) is 0 Å². The Balaban J connectivity index is 0.00000225. The molecule has 2 atom stereocenters. The summed E-state index contributed by atoms with van der Waals surface area (Å²) in [6.45, 7) is 8.50. The van der Waals surface area contributed by atoms with E-state index in [1.165, 1.54) is 0 Å². The zero-order chi connectivity index (χ0) is 17.3. The van der Waals surface area contributed by atoms with Gasteiger partial charge in [0.1, 0.15) is 0 Å². The van der Waals surface area contributed by atoms with Crippen LogP contribution in [0.15, 0.2) is 42.6 Å². The fourth-order valence-corrected chi connectivity index (χ4v) is 3.40. The molecule has 4 nitrogen and oxygen atoms in total. The minimum atomic E-state index is -0.0109. The van der Waals surface area contributed by atoms with Gasteiger partial charge in [-0.15, -0.1) is 0 Å². The van der Waals surface area contributed by atoms with E-state index in [0.29, 0.717) is 18.0 Å². The number of likely N-dealkylation sites (tertiary alicyclic amines) is 1. The van der Waals surface area contributed by atoms with Crippen molar-refractivity contribution >= 4 is 11.7 Å². The second-order valence-electron chi connectivity index (χ2n) is 6.98. The fourth-order valence-electron chi connectivity index (χ4n) is 3.40. The molecule has 2 heterocycles. The molecule has 2 aromatic rings. The van der Waals surface area contributed by atoms with Gasteiger partial charge in [-0.2, -0.15) is 0 Å². The first-order valence-corrected chi connectivity index (χ1v) is 8.58. The van der Waals surface area contributed by atoms with Crippen LogP contribution in [-0.4, -0.2) is 28.0 Å². The summed E-state index contributed by atoms with van der Waals surface area (Å²) in [6.07, 6.45) is 2.87. The van der Waals surface area contributed by atoms with Gasteiger partial charge in [0.25, 0.3) is 0 Å². The quantitative estimate of drug-likeness (QED) is 0.867. The van der Waals surface area contributed by atoms with Gasteiger partial charge >= 0.3 is 6.03 Å². The second kappa shape index (κ2) is 6.63. The Bertz CT molecular complexity index is 733. The number of urea groups is 1. The average Bonchev–Trinajstić information content (AvgIpc) is 2.54. The molecular formula is C20H27N3O. The lowest BCUT2D eigenvalue weighted by Crippen LogP contribution is -2.60. The van der Waals surface area contributed by atoms with Gasteiger partial charge in [0.2, 0.25) is 0 Å².